The molecule has 0 aliphatic carbocycles. The Kier molecular flexibility index (Phi) is 14.0. The molecule has 0 radical (unpaired) electrons. The van der Waals surface area contributed by atoms with E-state index in [-0.39, 0.29) is 6.90 Å². The topological polar surface area (TPSA) is 52.8 Å². The summed E-state index contributed by atoms with van der Waals surface area (Å²) in [5.74, 6) is 0. The summed E-state index contributed by atoms with van der Waals surface area (Å²) in [6.45, 7) is 3.16. The molecular formula is C6H19NO2. The first-order valence-corrected chi connectivity index (χ1v) is 3.17. The highest BCUT2D eigenvalue weighted by Crippen LogP contribution is 1.90. The van der Waals surface area contributed by atoms with Gasteiger partial charge in [0.1, 0.15) is 0 Å². The summed E-state index contributed by atoms with van der Waals surface area (Å²) in [6.07, 6.45) is 3.77. The van der Waals surface area contributed by atoms with Crippen LogP contribution in [0.2, 0.25) is 0 Å². The lowest BCUT2D eigenvalue weighted by atomic mass is 10.3. The van der Waals surface area contributed by atoms with E-state index in [0.29, 0.717) is 0 Å². The molecule has 0 saturated carbocycles. The summed E-state index contributed by atoms with van der Waals surface area (Å²) in [7, 11) is 1.64. The van der Waals surface area contributed by atoms with Crippen LogP contribution >= 0.6 is 0 Å². The number of unbranched alkanes of at least 4 members (excludes halogenated alkanes) is 2. The summed E-state index contributed by atoms with van der Waals surface area (Å²) in [5.41, 5.74) is 2.78. The van der Waals surface area contributed by atoms with Crippen LogP contribution < -0.4 is 5.48 Å². The van der Waals surface area contributed by atoms with Gasteiger partial charge in [0.15, 0.2) is 0 Å². The quantitative estimate of drug-likeness (QED) is 0.449. The molecule has 0 amide bonds. The van der Waals surface area contributed by atoms with Gasteiger partial charge in [-0.3, -0.25) is 0 Å². The van der Waals surface area contributed by atoms with Gasteiger partial charge < -0.3 is 10.3 Å². The molecule has 0 aromatic carbocycles. The van der Waals surface area contributed by atoms with Crippen LogP contribution in [0, 0.1) is 0 Å². The Morgan fingerprint density at radius 2 is 2.11 bits per heavy atom. The van der Waals surface area contributed by atoms with E-state index in [0.717, 1.165) is 6.54 Å². The van der Waals surface area contributed by atoms with Crippen molar-refractivity contribution in [1.82, 2.24) is 5.48 Å². The van der Waals surface area contributed by atoms with Gasteiger partial charge in [0.2, 0.25) is 0 Å². The van der Waals surface area contributed by atoms with Crippen molar-refractivity contribution in [3.8, 4) is 0 Å². The van der Waals surface area contributed by atoms with Crippen molar-refractivity contribution in [2.75, 3.05) is 13.7 Å². The Bertz CT molecular complexity index is 40.7. The highest BCUT2D eigenvalue weighted by Gasteiger charge is 1.81. The van der Waals surface area contributed by atoms with Crippen molar-refractivity contribution in [2.24, 2.45) is 0 Å². The first-order valence-electron chi connectivity index (χ1n) is 3.17. The second kappa shape index (κ2) is 10.8. The molecule has 60 valence electrons. The predicted molar refractivity (Wildman–Crippen MR) is 40.3 cm³/mol. The number of hydroxylamine groups is 1. The summed E-state index contributed by atoms with van der Waals surface area (Å²) >= 11 is 0. The van der Waals surface area contributed by atoms with Crippen molar-refractivity contribution < 1.29 is 11.7 Å². The van der Waals surface area contributed by atoms with E-state index in [1.807, 2.05) is 0 Å². The molecule has 0 aromatic rings. The average molecular weight is 137 g/mol. The summed E-state index contributed by atoms with van der Waals surface area (Å²) in [4.78, 5) is 4.64. The van der Waals surface area contributed by atoms with Gasteiger partial charge in [0, 0.05) is 7.97 Å². The standard InChI is InChI=1S/C6H15NO.H2O.H2/c1-3-4-5-6-7-8-2;;/h7H,3-6H2,1-2H3;1H2;1H. The zero-order chi connectivity index (χ0) is 6.24. The van der Waals surface area contributed by atoms with Crippen molar-refractivity contribution in [3.63, 3.8) is 0 Å². The Labute approximate surface area is 58.1 Å². The van der Waals surface area contributed by atoms with Crippen LogP contribution in [-0.2, 0) is 4.84 Å². The molecule has 0 rings (SSSR count). The zero-order valence-corrected chi connectivity index (χ0v) is 6.24. The van der Waals surface area contributed by atoms with Crippen LogP contribution in [0.5, 0.6) is 0 Å². The third-order valence-corrected chi connectivity index (χ3v) is 1.03. The molecule has 0 aliphatic rings. The summed E-state index contributed by atoms with van der Waals surface area (Å²) in [6, 6.07) is 0. The normalized spacial score (nSPS) is 8.67. The Hall–Kier alpha value is -0.120. The monoisotopic (exact) mass is 137 g/mol. The Morgan fingerprint density at radius 3 is 2.56 bits per heavy atom. The molecule has 3 N–H and O–H groups in total. The maximum atomic E-state index is 4.64. The van der Waals surface area contributed by atoms with Crippen molar-refractivity contribution in [2.45, 2.75) is 26.2 Å². The lowest BCUT2D eigenvalue weighted by Crippen LogP contribution is -2.12. The molecular weight excluding hydrogens is 118 g/mol. The third kappa shape index (κ3) is 11.4. The first kappa shape index (κ1) is 11.6. The molecule has 0 aliphatic heterocycles. The van der Waals surface area contributed by atoms with Gasteiger partial charge in [-0.05, 0) is 6.42 Å². The van der Waals surface area contributed by atoms with E-state index in [2.05, 4.69) is 17.2 Å². The lowest BCUT2D eigenvalue weighted by Gasteiger charge is -1.97. The maximum Gasteiger partial charge on any atom is 0.0572 e. The highest BCUT2D eigenvalue weighted by atomic mass is 16.6. The second-order valence-corrected chi connectivity index (χ2v) is 1.81. The molecule has 0 heterocycles. The molecule has 0 spiro atoms. The van der Waals surface area contributed by atoms with E-state index >= 15 is 0 Å². The van der Waals surface area contributed by atoms with E-state index in [1.54, 1.807) is 7.11 Å². The van der Waals surface area contributed by atoms with Crippen molar-refractivity contribution >= 4 is 0 Å². The molecule has 9 heavy (non-hydrogen) atoms. The van der Waals surface area contributed by atoms with Gasteiger partial charge in [0.05, 0.1) is 7.11 Å². The van der Waals surface area contributed by atoms with Crippen LogP contribution in [0.4, 0.5) is 0 Å². The van der Waals surface area contributed by atoms with Gasteiger partial charge in [-0.2, -0.15) is 0 Å². The fourth-order valence-corrected chi connectivity index (χ4v) is 0.549. The van der Waals surface area contributed by atoms with E-state index < -0.39 is 0 Å². The van der Waals surface area contributed by atoms with Crippen LogP contribution in [0.3, 0.4) is 0 Å². The number of rotatable bonds is 5. The molecule has 0 aromatic heterocycles. The van der Waals surface area contributed by atoms with Gasteiger partial charge in [-0.25, -0.2) is 5.48 Å². The predicted octanol–water partition coefficient (Wildman–Crippen LogP) is 0.749. The number of hydrogen-bond donors (Lipinski definition) is 1. The third-order valence-electron chi connectivity index (χ3n) is 1.03. The van der Waals surface area contributed by atoms with Crippen LogP contribution in [0.25, 0.3) is 0 Å². The van der Waals surface area contributed by atoms with E-state index in [1.165, 1.54) is 19.3 Å². The largest absolute Gasteiger partial charge is 0.412 e. The molecule has 3 heteroatoms. The minimum atomic E-state index is 0. The number of nitrogens with one attached hydrogen (secondary N) is 1. The first-order chi connectivity index (χ1) is 3.91. The molecule has 3 nitrogen and oxygen atoms in total. The number of hydrogen-bond acceptors (Lipinski definition) is 2. The fourth-order valence-electron chi connectivity index (χ4n) is 0.549. The smallest absolute Gasteiger partial charge is 0.0572 e. The van der Waals surface area contributed by atoms with Gasteiger partial charge in [-0.1, -0.05) is 19.8 Å². The minimum Gasteiger partial charge on any atom is -0.412 e. The van der Waals surface area contributed by atoms with E-state index in [9.17, 15) is 0 Å². The van der Waals surface area contributed by atoms with Crippen molar-refractivity contribution in [1.29, 1.82) is 0 Å². The van der Waals surface area contributed by atoms with Crippen molar-refractivity contribution in [3.05, 3.63) is 0 Å². The SMILES string of the molecule is CCCCCNOC.O.[HH]. The summed E-state index contributed by atoms with van der Waals surface area (Å²) < 4.78 is 0. The highest BCUT2D eigenvalue weighted by molar-refractivity contribution is 4.36. The zero-order valence-electron chi connectivity index (χ0n) is 6.24. The van der Waals surface area contributed by atoms with Gasteiger partial charge in [0.25, 0.3) is 0 Å². The second-order valence-electron chi connectivity index (χ2n) is 1.81. The van der Waals surface area contributed by atoms with Crippen LogP contribution in [0.15, 0.2) is 0 Å². The minimum absolute atomic E-state index is 0. The average Bonchev–Trinajstić information content (AvgIpc) is 1.81. The van der Waals surface area contributed by atoms with Gasteiger partial charge in [-0.15, -0.1) is 0 Å². The molecule has 0 fully saturated rings. The Morgan fingerprint density at radius 1 is 1.44 bits per heavy atom. The Balaban J connectivity index is -0.000000245. The van der Waals surface area contributed by atoms with Crippen LogP contribution in [-0.4, -0.2) is 19.1 Å². The molecule has 0 saturated heterocycles. The fraction of sp³-hybridized carbons (Fsp3) is 1.00. The molecule has 0 bridgehead atoms. The van der Waals surface area contributed by atoms with Gasteiger partial charge >= 0.3 is 0 Å². The maximum absolute atomic E-state index is 4.64. The molecule has 0 unspecified atom stereocenters. The van der Waals surface area contributed by atoms with E-state index in [4.69, 9.17) is 0 Å². The van der Waals surface area contributed by atoms with Crippen LogP contribution in [0.1, 0.15) is 27.6 Å². The lowest BCUT2D eigenvalue weighted by molar-refractivity contribution is 0.0906. The molecule has 0 atom stereocenters. The summed E-state index contributed by atoms with van der Waals surface area (Å²) in [5, 5.41) is 0.